The molecular formula is C15H18FN3O2. The first-order chi connectivity index (χ1) is 10.1. The van der Waals surface area contributed by atoms with E-state index in [4.69, 9.17) is 0 Å². The Bertz CT molecular complexity index is 590. The smallest absolute Gasteiger partial charge is 0.324 e. The van der Waals surface area contributed by atoms with Crippen LogP contribution in [-0.2, 0) is 11.2 Å². The number of hydrogen-bond donors (Lipinski definition) is 1. The molecular weight excluding hydrogens is 273 g/mol. The highest BCUT2D eigenvalue weighted by atomic mass is 19.1. The summed E-state index contributed by atoms with van der Waals surface area (Å²) in [6, 6.07) is 4.54. The Morgan fingerprint density at radius 2 is 2.24 bits per heavy atom. The van der Waals surface area contributed by atoms with Gasteiger partial charge in [0.1, 0.15) is 5.82 Å². The van der Waals surface area contributed by atoms with Crippen LogP contribution in [0.15, 0.2) is 18.2 Å². The summed E-state index contributed by atoms with van der Waals surface area (Å²) in [5, 5.41) is 2.63. The number of nitrogens with one attached hydrogen (secondary N) is 1. The maximum absolute atomic E-state index is 13.3. The van der Waals surface area contributed by atoms with Gasteiger partial charge in [-0.1, -0.05) is 6.07 Å². The van der Waals surface area contributed by atoms with Crippen LogP contribution in [0.2, 0.25) is 0 Å². The number of hydrogen-bond acceptors (Lipinski definition) is 3. The molecule has 0 saturated carbocycles. The van der Waals surface area contributed by atoms with Crippen LogP contribution in [0.5, 0.6) is 0 Å². The molecule has 0 spiro atoms. The molecule has 0 aliphatic carbocycles. The molecule has 1 aromatic carbocycles. The van der Waals surface area contributed by atoms with E-state index in [0.29, 0.717) is 19.6 Å². The largest absolute Gasteiger partial charge is 0.336 e. The standard InChI is InChI=1S/C15H18FN3O2/c1-10-13-3-2-12(16)8-11(13)4-6-18(10)9-14(20)19-7-5-17-15(19)21/h2-3,8,10H,4-7,9H2,1H3,(H,17,21). The second-order valence-electron chi connectivity index (χ2n) is 5.52. The van der Waals surface area contributed by atoms with Crippen molar-refractivity contribution in [2.24, 2.45) is 0 Å². The van der Waals surface area contributed by atoms with Gasteiger partial charge in [0.05, 0.1) is 6.54 Å². The summed E-state index contributed by atoms with van der Waals surface area (Å²) < 4.78 is 13.3. The van der Waals surface area contributed by atoms with Gasteiger partial charge in [0.25, 0.3) is 0 Å². The third-order valence-corrected chi connectivity index (χ3v) is 4.27. The van der Waals surface area contributed by atoms with Crippen LogP contribution >= 0.6 is 0 Å². The van der Waals surface area contributed by atoms with Gasteiger partial charge in [0, 0.05) is 25.7 Å². The minimum absolute atomic E-state index is 0.0453. The van der Waals surface area contributed by atoms with E-state index >= 15 is 0 Å². The SMILES string of the molecule is CC1c2ccc(F)cc2CCN1CC(=O)N1CCNC1=O. The van der Waals surface area contributed by atoms with Gasteiger partial charge in [-0.05, 0) is 36.6 Å². The molecule has 1 atom stereocenters. The molecule has 3 amide bonds. The lowest BCUT2D eigenvalue weighted by Gasteiger charge is -2.35. The van der Waals surface area contributed by atoms with Crippen molar-refractivity contribution in [1.29, 1.82) is 0 Å². The van der Waals surface area contributed by atoms with Gasteiger partial charge in [-0.2, -0.15) is 0 Å². The Labute approximate surface area is 122 Å². The van der Waals surface area contributed by atoms with Crippen molar-refractivity contribution in [3.05, 3.63) is 35.1 Å². The molecule has 1 unspecified atom stereocenters. The van der Waals surface area contributed by atoms with Gasteiger partial charge >= 0.3 is 6.03 Å². The van der Waals surface area contributed by atoms with Gasteiger partial charge < -0.3 is 5.32 Å². The number of nitrogens with zero attached hydrogens (tertiary/aromatic N) is 2. The summed E-state index contributed by atoms with van der Waals surface area (Å²) >= 11 is 0. The topological polar surface area (TPSA) is 52.7 Å². The summed E-state index contributed by atoms with van der Waals surface area (Å²) in [4.78, 5) is 27.0. The number of carbonyl (C=O) groups excluding carboxylic acids is 2. The zero-order chi connectivity index (χ0) is 15.0. The highest BCUT2D eigenvalue weighted by Crippen LogP contribution is 2.29. The molecule has 1 fully saturated rings. The lowest BCUT2D eigenvalue weighted by Crippen LogP contribution is -2.44. The fourth-order valence-corrected chi connectivity index (χ4v) is 3.04. The van der Waals surface area contributed by atoms with E-state index in [9.17, 15) is 14.0 Å². The average molecular weight is 291 g/mol. The minimum atomic E-state index is -0.313. The molecule has 2 aliphatic heterocycles. The number of fused-ring (bicyclic) bond motifs is 1. The van der Waals surface area contributed by atoms with Crippen molar-refractivity contribution < 1.29 is 14.0 Å². The molecule has 2 aliphatic rings. The Kier molecular flexibility index (Phi) is 3.63. The Morgan fingerprint density at radius 1 is 1.43 bits per heavy atom. The summed E-state index contributed by atoms with van der Waals surface area (Å²) in [5.41, 5.74) is 2.06. The van der Waals surface area contributed by atoms with Gasteiger partial charge in [0.2, 0.25) is 5.91 Å². The third kappa shape index (κ3) is 2.63. The maximum Gasteiger partial charge on any atom is 0.324 e. The molecule has 0 bridgehead atoms. The lowest BCUT2D eigenvalue weighted by molar-refractivity contribution is -0.129. The highest BCUT2D eigenvalue weighted by Gasteiger charge is 2.31. The Balaban J connectivity index is 1.71. The van der Waals surface area contributed by atoms with Crippen molar-refractivity contribution in [3.63, 3.8) is 0 Å². The minimum Gasteiger partial charge on any atom is -0.336 e. The molecule has 1 saturated heterocycles. The third-order valence-electron chi connectivity index (χ3n) is 4.27. The number of carbonyl (C=O) groups is 2. The number of rotatable bonds is 2. The summed E-state index contributed by atoms with van der Waals surface area (Å²) in [6.45, 7) is 3.86. The van der Waals surface area contributed by atoms with Crippen LogP contribution in [0.3, 0.4) is 0 Å². The Hall–Kier alpha value is -1.95. The number of imide groups is 1. The summed E-state index contributed by atoms with van der Waals surface area (Å²) in [5.74, 6) is -0.401. The molecule has 5 nitrogen and oxygen atoms in total. The van der Waals surface area contributed by atoms with Crippen LogP contribution in [0.4, 0.5) is 9.18 Å². The fraction of sp³-hybridized carbons (Fsp3) is 0.467. The number of urea groups is 1. The molecule has 0 radical (unpaired) electrons. The number of benzene rings is 1. The van der Waals surface area contributed by atoms with E-state index in [-0.39, 0.29) is 30.3 Å². The van der Waals surface area contributed by atoms with Gasteiger partial charge in [0.15, 0.2) is 0 Å². The Morgan fingerprint density at radius 3 is 2.95 bits per heavy atom. The summed E-state index contributed by atoms with van der Waals surface area (Å²) in [7, 11) is 0. The average Bonchev–Trinajstić information content (AvgIpc) is 2.88. The van der Waals surface area contributed by atoms with E-state index in [1.807, 2.05) is 11.8 Å². The monoisotopic (exact) mass is 291 g/mol. The molecule has 2 heterocycles. The van der Waals surface area contributed by atoms with Gasteiger partial charge in [-0.25, -0.2) is 9.18 Å². The fourth-order valence-electron chi connectivity index (χ4n) is 3.04. The van der Waals surface area contributed by atoms with Crippen molar-refractivity contribution >= 4 is 11.9 Å². The number of amides is 3. The predicted octanol–water partition coefficient (Wildman–Crippen LogP) is 1.30. The van der Waals surface area contributed by atoms with Crippen LogP contribution < -0.4 is 5.32 Å². The molecule has 21 heavy (non-hydrogen) atoms. The molecule has 112 valence electrons. The van der Waals surface area contributed by atoms with Crippen LogP contribution in [0.25, 0.3) is 0 Å². The molecule has 6 heteroatoms. The van der Waals surface area contributed by atoms with E-state index in [0.717, 1.165) is 17.5 Å². The van der Waals surface area contributed by atoms with E-state index < -0.39 is 0 Å². The van der Waals surface area contributed by atoms with Crippen molar-refractivity contribution in [2.75, 3.05) is 26.2 Å². The first kappa shape index (κ1) is 14.0. The first-order valence-corrected chi connectivity index (χ1v) is 7.17. The second kappa shape index (κ2) is 5.44. The van der Waals surface area contributed by atoms with E-state index in [1.165, 1.54) is 11.0 Å². The number of halogens is 1. The molecule has 3 rings (SSSR count). The van der Waals surface area contributed by atoms with Gasteiger partial charge in [-0.3, -0.25) is 14.6 Å². The first-order valence-electron chi connectivity index (χ1n) is 7.17. The van der Waals surface area contributed by atoms with Crippen LogP contribution in [0, 0.1) is 5.82 Å². The van der Waals surface area contributed by atoms with Gasteiger partial charge in [-0.15, -0.1) is 0 Å². The van der Waals surface area contributed by atoms with Crippen molar-refractivity contribution in [1.82, 2.24) is 15.1 Å². The molecule has 0 aromatic heterocycles. The van der Waals surface area contributed by atoms with E-state index in [2.05, 4.69) is 5.32 Å². The van der Waals surface area contributed by atoms with Crippen LogP contribution in [0.1, 0.15) is 24.1 Å². The quantitative estimate of drug-likeness (QED) is 0.893. The zero-order valence-electron chi connectivity index (χ0n) is 11.9. The summed E-state index contributed by atoms with van der Waals surface area (Å²) in [6.07, 6.45) is 0.719. The zero-order valence-corrected chi connectivity index (χ0v) is 11.9. The maximum atomic E-state index is 13.3. The molecule has 1 aromatic rings. The predicted molar refractivity (Wildman–Crippen MR) is 75.2 cm³/mol. The van der Waals surface area contributed by atoms with Crippen molar-refractivity contribution in [2.45, 2.75) is 19.4 Å². The normalized spacial score (nSPS) is 22.1. The highest BCUT2D eigenvalue weighted by molar-refractivity contribution is 5.96. The molecule has 1 N–H and O–H groups in total. The lowest BCUT2D eigenvalue weighted by atomic mass is 9.93. The second-order valence-corrected chi connectivity index (χ2v) is 5.52. The van der Waals surface area contributed by atoms with Crippen molar-refractivity contribution in [3.8, 4) is 0 Å². The van der Waals surface area contributed by atoms with Crippen LogP contribution in [-0.4, -0.2) is 47.9 Å². The van der Waals surface area contributed by atoms with E-state index in [1.54, 1.807) is 12.1 Å².